The van der Waals surface area contributed by atoms with Crippen LogP contribution in [-0.2, 0) is 25.4 Å². The van der Waals surface area contributed by atoms with Gasteiger partial charge in [-0.05, 0) is 89.7 Å². The van der Waals surface area contributed by atoms with Crippen LogP contribution in [0.1, 0.15) is 96.6 Å². The molecule has 3 aromatic rings. The highest BCUT2D eigenvalue weighted by Crippen LogP contribution is 2.43. The van der Waals surface area contributed by atoms with Crippen LogP contribution in [0.4, 0.5) is 0 Å². The van der Waals surface area contributed by atoms with E-state index in [1.807, 2.05) is 18.3 Å². The molecule has 1 aliphatic carbocycles. The summed E-state index contributed by atoms with van der Waals surface area (Å²) in [5, 5.41) is 0. The Morgan fingerprint density at radius 1 is 0.915 bits per heavy atom. The van der Waals surface area contributed by atoms with E-state index in [0.717, 1.165) is 41.7 Å². The predicted octanol–water partition coefficient (Wildman–Crippen LogP) is 9.29. The van der Waals surface area contributed by atoms with Crippen LogP contribution in [0.2, 0.25) is 16.6 Å². The van der Waals surface area contributed by atoms with Gasteiger partial charge in [0.05, 0.1) is 18.5 Å². The van der Waals surface area contributed by atoms with Crippen LogP contribution in [0.25, 0.3) is 11.1 Å². The largest absolute Gasteiger partial charge is 0.486 e. The maximum absolute atomic E-state index is 11.3. The van der Waals surface area contributed by atoms with E-state index in [1.54, 1.807) is 0 Å². The Balaban J connectivity index is 1.38. The maximum Gasteiger partial charge on any atom is 0.213 e. The monoisotopic (exact) mass is 681 g/mol. The third kappa shape index (κ3) is 9.46. The Bertz CT molecular complexity index is 1500. The van der Waals surface area contributed by atoms with Gasteiger partial charge in [-0.25, -0.2) is 13.4 Å². The van der Waals surface area contributed by atoms with Crippen molar-refractivity contribution >= 4 is 18.2 Å². The second-order valence-electron chi connectivity index (χ2n) is 13.7. The van der Waals surface area contributed by atoms with Crippen LogP contribution >= 0.6 is 0 Å². The second-order valence-corrected chi connectivity index (χ2v) is 21.4. The Labute approximate surface area is 284 Å². The minimum Gasteiger partial charge on any atom is -0.486 e. The number of benzene rings is 2. The van der Waals surface area contributed by atoms with Gasteiger partial charge in [-0.15, -0.1) is 0 Å². The molecule has 0 unspecified atom stereocenters. The fourth-order valence-electron chi connectivity index (χ4n) is 7.45. The van der Waals surface area contributed by atoms with E-state index >= 15 is 0 Å². The molecule has 9 heteroatoms. The first-order valence-electron chi connectivity index (χ1n) is 17.3. The number of hydrogen-bond acceptors (Lipinski definition) is 7. The summed E-state index contributed by atoms with van der Waals surface area (Å²) in [5.41, 5.74) is 7.51. The van der Waals surface area contributed by atoms with E-state index in [9.17, 15) is 8.42 Å². The highest BCUT2D eigenvalue weighted by Gasteiger charge is 2.45. The summed E-state index contributed by atoms with van der Waals surface area (Å²) in [4.78, 5) is 4.47. The number of ether oxygens (including phenoxy) is 3. The average Bonchev–Trinajstić information content (AvgIpc) is 3.43. The standard InChI is InChI=1S/C38H55NO6SSi/c1-9-42-36(22-24-44-47(27(2)3,28(4)5)29(6)7)30-14-17-32(18-15-30)45-37-20-19-34-33(12-10-13-35(34)37)31-16-21-38(39-26-31)43-23-11-25-46(8,40)41/h10,12-18,21,26-29,36-37H,9,11,19-20,22-25H2,1-8H3/t36-,37+/m0/s1. The van der Waals surface area contributed by atoms with E-state index in [0.29, 0.717) is 48.7 Å². The summed E-state index contributed by atoms with van der Waals surface area (Å²) in [6.07, 6.45) is 6.15. The van der Waals surface area contributed by atoms with Gasteiger partial charge < -0.3 is 18.6 Å². The van der Waals surface area contributed by atoms with E-state index in [4.69, 9.17) is 18.6 Å². The number of sulfone groups is 1. The van der Waals surface area contributed by atoms with Gasteiger partial charge in [0, 0.05) is 37.3 Å². The summed E-state index contributed by atoms with van der Waals surface area (Å²) >= 11 is 0. The normalized spacial score (nSPS) is 15.8. The molecule has 1 heterocycles. The highest BCUT2D eigenvalue weighted by molar-refractivity contribution is 7.90. The molecule has 0 aliphatic heterocycles. The lowest BCUT2D eigenvalue weighted by Crippen LogP contribution is -2.48. The molecule has 0 fully saturated rings. The van der Waals surface area contributed by atoms with Crippen molar-refractivity contribution in [3.8, 4) is 22.8 Å². The number of nitrogens with zero attached hydrogens (tertiary/aromatic N) is 1. The first kappa shape index (κ1) is 37.1. The molecule has 0 amide bonds. The predicted molar refractivity (Wildman–Crippen MR) is 194 cm³/mol. The molecular formula is C38H55NO6SSi. The molecule has 1 aromatic heterocycles. The Morgan fingerprint density at radius 2 is 1.62 bits per heavy atom. The minimum atomic E-state index is -2.99. The molecule has 258 valence electrons. The molecular weight excluding hydrogens is 627 g/mol. The summed E-state index contributed by atoms with van der Waals surface area (Å²) in [5.74, 6) is 1.46. The molecule has 0 N–H and O–H groups in total. The summed E-state index contributed by atoms with van der Waals surface area (Å²) in [6.45, 7) is 17.7. The van der Waals surface area contributed by atoms with Crippen molar-refractivity contribution in [3.05, 3.63) is 77.5 Å². The van der Waals surface area contributed by atoms with Crippen molar-refractivity contribution in [2.24, 2.45) is 0 Å². The van der Waals surface area contributed by atoms with E-state index in [2.05, 4.69) is 95.9 Å². The van der Waals surface area contributed by atoms with Gasteiger partial charge in [-0.3, -0.25) is 0 Å². The van der Waals surface area contributed by atoms with Gasteiger partial charge in [0.2, 0.25) is 5.88 Å². The minimum absolute atomic E-state index is 0.0140. The molecule has 7 nitrogen and oxygen atoms in total. The molecule has 2 atom stereocenters. The SMILES string of the molecule is CCO[C@@H](CCO[Si](C(C)C)(C(C)C)C(C)C)c1ccc(O[C@@H]2CCc3c(-c4ccc(OCCCS(C)(=O)=O)nc4)cccc32)cc1. The highest BCUT2D eigenvalue weighted by atomic mass is 32.2. The van der Waals surface area contributed by atoms with Crippen molar-refractivity contribution < 1.29 is 27.1 Å². The van der Waals surface area contributed by atoms with Gasteiger partial charge in [0.1, 0.15) is 21.7 Å². The van der Waals surface area contributed by atoms with Gasteiger partial charge in [-0.2, -0.15) is 0 Å². The molecule has 0 spiro atoms. The lowest BCUT2D eigenvalue weighted by molar-refractivity contribution is 0.0439. The molecule has 0 bridgehead atoms. The van der Waals surface area contributed by atoms with Gasteiger partial charge >= 0.3 is 0 Å². The quantitative estimate of drug-likeness (QED) is 0.0977. The fraction of sp³-hybridized carbons (Fsp3) is 0.553. The van der Waals surface area contributed by atoms with Crippen molar-refractivity contribution in [3.63, 3.8) is 0 Å². The lowest BCUT2D eigenvalue weighted by atomic mass is 9.98. The lowest BCUT2D eigenvalue weighted by Gasteiger charge is -2.42. The zero-order valence-corrected chi connectivity index (χ0v) is 31.4. The summed E-state index contributed by atoms with van der Waals surface area (Å²) in [6, 6.07) is 18.6. The number of pyridine rings is 1. The molecule has 4 rings (SSSR count). The van der Waals surface area contributed by atoms with Crippen molar-refractivity contribution in [2.45, 2.75) is 103 Å². The van der Waals surface area contributed by atoms with Crippen LogP contribution < -0.4 is 9.47 Å². The van der Waals surface area contributed by atoms with Crippen molar-refractivity contribution in [1.29, 1.82) is 0 Å². The van der Waals surface area contributed by atoms with Crippen LogP contribution in [-0.4, -0.2) is 53.5 Å². The van der Waals surface area contributed by atoms with Crippen LogP contribution in [0.15, 0.2) is 60.8 Å². The van der Waals surface area contributed by atoms with E-state index in [-0.39, 0.29) is 18.0 Å². The van der Waals surface area contributed by atoms with Gasteiger partial charge in [-0.1, -0.05) is 71.9 Å². The number of rotatable bonds is 18. The van der Waals surface area contributed by atoms with E-state index in [1.165, 1.54) is 17.4 Å². The Kier molecular flexibility index (Phi) is 13.1. The second kappa shape index (κ2) is 16.6. The summed E-state index contributed by atoms with van der Waals surface area (Å²) < 4.78 is 47.9. The smallest absolute Gasteiger partial charge is 0.213 e. The average molecular weight is 682 g/mol. The molecule has 0 radical (unpaired) electrons. The van der Waals surface area contributed by atoms with Gasteiger partial charge in [0.15, 0.2) is 8.32 Å². The Hall–Kier alpha value is -2.72. The zero-order valence-electron chi connectivity index (χ0n) is 29.6. The summed E-state index contributed by atoms with van der Waals surface area (Å²) in [7, 11) is -4.91. The molecule has 47 heavy (non-hydrogen) atoms. The first-order chi connectivity index (χ1) is 22.4. The third-order valence-electron chi connectivity index (χ3n) is 9.51. The third-order valence-corrected chi connectivity index (χ3v) is 16.7. The number of fused-ring (bicyclic) bond motifs is 1. The molecule has 0 saturated heterocycles. The molecule has 1 aliphatic rings. The first-order valence-corrected chi connectivity index (χ1v) is 21.5. The molecule has 2 aromatic carbocycles. The Morgan fingerprint density at radius 3 is 2.21 bits per heavy atom. The van der Waals surface area contributed by atoms with Crippen molar-refractivity contribution in [2.75, 3.05) is 31.8 Å². The van der Waals surface area contributed by atoms with E-state index < -0.39 is 18.2 Å². The number of hydrogen-bond donors (Lipinski definition) is 0. The van der Waals surface area contributed by atoms with Crippen LogP contribution in [0, 0.1) is 0 Å². The van der Waals surface area contributed by atoms with Crippen molar-refractivity contribution in [1.82, 2.24) is 4.98 Å². The maximum atomic E-state index is 11.3. The van der Waals surface area contributed by atoms with Crippen LogP contribution in [0.5, 0.6) is 11.6 Å². The van der Waals surface area contributed by atoms with Gasteiger partial charge in [0.25, 0.3) is 0 Å². The molecule has 0 saturated carbocycles. The topological polar surface area (TPSA) is 84.0 Å². The fourth-order valence-corrected chi connectivity index (χ4v) is 13.6. The zero-order chi connectivity index (χ0) is 34.2. The van der Waals surface area contributed by atoms with Crippen LogP contribution in [0.3, 0.4) is 0 Å². The number of aromatic nitrogens is 1.